The summed E-state index contributed by atoms with van der Waals surface area (Å²) in [5.74, 6) is 0.920. The van der Waals surface area contributed by atoms with E-state index in [0.717, 1.165) is 43.5 Å². The van der Waals surface area contributed by atoms with Gasteiger partial charge in [-0.15, -0.1) is 0 Å². The fourth-order valence-electron chi connectivity index (χ4n) is 3.90. The first kappa shape index (κ1) is 20.8. The highest BCUT2D eigenvalue weighted by molar-refractivity contribution is 5.77. The van der Waals surface area contributed by atoms with Gasteiger partial charge in [0.15, 0.2) is 5.82 Å². The molecule has 0 bridgehead atoms. The molecule has 1 saturated heterocycles. The van der Waals surface area contributed by atoms with E-state index in [1.54, 1.807) is 43.8 Å². The van der Waals surface area contributed by atoms with Gasteiger partial charge in [-0.3, -0.25) is 9.78 Å². The minimum absolute atomic E-state index is 0.0773. The molecule has 7 nitrogen and oxygen atoms in total. The molecule has 1 aromatic carbocycles. The second kappa shape index (κ2) is 9.59. The number of aryl methyl sites for hydroxylation is 2. The van der Waals surface area contributed by atoms with Crippen LogP contribution in [0.2, 0.25) is 0 Å². The summed E-state index contributed by atoms with van der Waals surface area (Å²) in [7, 11) is 0. The molecule has 31 heavy (non-hydrogen) atoms. The summed E-state index contributed by atoms with van der Waals surface area (Å²) in [5, 5.41) is 3.05. The average Bonchev–Trinajstić information content (AvgIpc) is 3.27. The Morgan fingerprint density at radius 1 is 1.26 bits per heavy atom. The smallest absolute Gasteiger partial charge is 0.228 e. The van der Waals surface area contributed by atoms with Crippen LogP contribution < -0.4 is 5.32 Å². The lowest BCUT2D eigenvalue weighted by atomic mass is 10.0. The van der Waals surface area contributed by atoms with Crippen LogP contribution in [-0.4, -0.2) is 37.3 Å². The van der Waals surface area contributed by atoms with Crippen LogP contribution in [0.1, 0.15) is 48.5 Å². The van der Waals surface area contributed by atoms with Gasteiger partial charge in [-0.1, -0.05) is 12.1 Å². The van der Waals surface area contributed by atoms with Crippen molar-refractivity contribution >= 4 is 17.7 Å². The van der Waals surface area contributed by atoms with Gasteiger partial charge in [0.05, 0.1) is 24.1 Å². The van der Waals surface area contributed by atoms with Gasteiger partial charge in [0.2, 0.25) is 11.9 Å². The molecule has 2 aromatic heterocycles. The van der Waals surface area contributed by atoms with E-state index in [9.17, 15) is 9.18 Å². The van der Waals surface area contributed by atoms with Gasteiger partial charge >= 0.3 is 0 Å². The molecule has 0 radical (unpaired) electrons. The number of amides is 1. The zero-order chi connectivity index (χ0) is 21.6. The fraction of sp³-hybridized carbons (Fsp3) is 0.348. The van der Waals surface area contributed by atoms with E-state index >= 15 is 0 Å². The van der Waals surface area contributed by atoms with Crippen LogP contribution >= 0.6 is 0 Å². The number of hydrogen-bond acceptors (Lipinski definition) is 6. The van der Waals surface area contributed by atoms with Crippen molar-refractivity contribution in [3.05, 3.63) is 71.7 Å². The monoisotopic (exact) mass is 420 g/mol. The van der Waals surface area contributed by atoms with Crippen molar-refractivity contribution in [1.82, 2.24) is 24.8 Å². The van der Waals surface area contributed by atoms with Gasteiger partial charge < -0.3 is 10.2 Å². The molecule has 1 N–H and O–H groups in total. The molecule has 0 spiro atoms. The number of nitrogens with one attached hydrogen (secondary N) is 1. The van der Waals surface area contributed by atoms with Crippen molar-refractivity contribution in [2.45, 2.75) is 45.1 Å². The summed E-state index contributed by atoms with van der Waals surface area (Å²) < 4.78 is 13.4. The number of carbonyl (C=O) groups is 1. The Labute approximate surface area is 180 Å². The minimum Gasteiger partial charge on any atom is -0.334 e. The lowest BCUT2D eigenvalue weighted by Crippen LogP contribution is -2.31. The zero-order valence-electron chi connectivity index (χ0n) is 17.5. The number of halogens is 1. The summed E-state index contributed by atoms with van der Waals surface area (Å²) >= 11 is 0. The Hall–Kier alpha value is -3.42. The van der Waals surface area contributed by atoms with Crippen molar-refractivity contribution in [1.29, 1.82) is 0 Å². The topological polar surface area (TPSA) is 83.9 Å². The Bertz CT molecular complexity index is 1050. The van der Waals surface area contributed by atoms with E-state index in [0.29, 0.717) is 23.8 Å². The molecule has 3 heterocycles. The molecule has 1 fully saturated rings. The van der Waals surface area contributed by atoms with Crippen LogP contribution in [0.3, 0.4) is 0 Å². The number of rotatable bonds is 7. The van der Waals surface area contributed by atoms with E-state index in [1.165, 1.54) is 6.07 Å². The number of hydrogen-bond donors (Lipinski definition) is 1. The van der Waals surface area contributed by atoms with Crippen molar-refractivity contribution in [3.8, 4) is 0 Å². The third-order valence-electron chi connectivity index (χ3n) is 5.45. The van der Waals surface area contributed by atoms with Crippen molar-refractivity contribution < 1.29 is 9.18 Å². The number of carbonyl (C=O) groups excluding carboxylic acids is 1. The normalized spacial score (nSPS) is 15.8. The zero-order valence-corrected chi connectivity index (χ0v) is 17.5. The average molecular weight is 420 g/mol. The Morgan fingerprint density at radius 3 is 2.90 bits per heavy atom. The van der Waals surface area contributed by atoms with Crippen molar-refractivity contribution in [2.24, 2.45) is 0 Å². The largest absolute Gasteiger partial charge is 0.334 e. The first-order chi connectivity index (χ1) is 15.1. The third-order valence-corrected chi connectivity index (χ3v) is 5.45. The van der Waals surface area contributed by atoms with Gasteiger partial charge in [0, 0.05) is 25.4 Å². The number of likely N-dealkylation sites (tertiary alicyclic amines) is 1. The van der Waals surface area contributed by atoms with Gasteiger partial charge in [-0.2, -0.15) is 0 Å². The number of aromatic nitrogens is 4. The van der Waals surface area contributed by atoms with Crippen molar-refractivity contribution in [2.75, 3.05) is 11.9 Å². The molecule has 160 valence electrons. The Morgan fingerprint density at radius 2 is 2.10 bits per heavy atom. The molecule has 1 atom stereocenters. The van der Waals surface area contributed by atoms with E-state index < -0.39 is 0 Å². The molecule has 4 rings (SSSR count). The molecule has 1 aliphatic rings. The van der Waals surface area contributed by atoms with Crippen LogP contribution in [0.4, 0.5) is 16.2 Å². The van der Waals surface area contributed by atoms with Crippen LogP contribution in [0, 0.1) is 12.7 Å². The third kappa shape index (κ3) is 5.20. The van der Waals surface area contributed by atoms with Crippen LogP contribution in [0.15, 0.2) is 49.1 Å². The number of nitrogens with zero attached hydrogens (tertiary/aromatic N) is 5. The summed E-state index contributed by atoms with van der Waals surface area (Å²) in [6, 6.07) is 6.79. The lowest BCUT2D eigenvalue weighted by molar-refractivity contribution is -0.132. The molecular formula is C23H25FN6O. The predicted octanol–water partition coefficient (Wildman–Crippen LogP) is 4.14. The van der Waals surface area contributed by atoms with Crippen molar-refractivity contribution in [3.63, 3.8) is 0 Å². The molecule has 0 aliphatic carbocycles. The van der Waals surface area contributed by atoms with E-state index in [2.05, 4.69) is 25.3 Å². The second-order valence-electron chi connectivity index (χ2n) is 7.71. The van der Waals surface area contributed by atoms with Gasteiger partial charge in [-0.05, 0) is 55.9 Å². The van der Waals surface area contributed by atoms with Crippen LogP contribution in [0.25, 0.3) is 0 Å². The van der Waals surface area contributed by atoms with Gasteiger partial charge in [-0.25, -0.2) is 19.3 Å². The second-order valence-corrected chi connectivity index (χ2v) is 7.71. The lowest BCUT2D eigenvalue weighted by Gasteiger charge is -2.24. The highest BCUT2D eigenvalue weighted by atomic mass is 19.1. The Kier molecular flexibility index (Phi) is 6.45. The van der Waals surface area contributed by atoms with Crippen LogP contribution in [-0.2, 0) is 11.2 Å². The first-order valence-electron chi connectivity index (χ1n) is 10.5. The summed E-state index contributed by atoms with van der Waals surface area (Å²) in [5.41, 5.74) is 2.45. The maximum Gasteiger partial charge on any atom is 0.228 e. The van der Waals surface area contributed by atoms with E-state index in [-0.39, 0.29) is 17.8 Å². The fourth-order valence-corrected chi connectivity index (χ4v) is 3.90. The SMILES string of the molecule is Cc1cc(CCCC(=O)N2CCC[C@H]2c2cncc(Nc3ncccn3)n2)ccc1F. The maximum atomic E-state index is 13.4. The van der Waals surface area contributed by atoms with Crippen LogP contribution in [0.5, 0.6) is 0 Å². The van der Waals surface area contributed by atoms with E-state index in [1.807, 2.05) is 11.0 Å². The standard InChI is InChI=1S/C23H25FN6O/c1-16-13-17(8-9-18(16)24)5-2-7-22(31)30-12-3-6-20(30)19-14-25-15-21(28-19)29-23-26-10-4-11-27-23/h4,8-11,13-15,20H,2-3,5-7,12H2,1H3,(H,26,27,28,29)/t20-/m0/s1. The summed E-state index contributed by atoms with van der Waals surface area (Å²) in [6.07, 6.45) is 10.4. The first-order valence-corrected chi connectivity index (χ1v) is 10.5. The highest BCUT2D eigenvalue weighted by Gasteiger charge is 2.31. The number of anilines is 2. The predicted molar refractivity (Wildman–Crippen MR) is 115 cm³/mol. The number of benzene rings is 1. The molecule has 1 amide bonds. The van der Waals surface area contributed by atoms with Gasteiger partial charge in [0.25, 0.3) is 0 Å². The molecule has 3 aromatic rings. The highest BCUT2D eigenvalue weighted by Crippen LogP contribution is 2.32. The quantitative estimate of drug-likeness (QED) is 0.618. The molecule has 0 unspecified atom stereocenters. The minimum atomic E-state index is -0.198. The summed E-state index contributed by atoms with van der Waals surface area (Å²) in [4.78, 5) is 32.0. The maximum absolute atomic E-state index is 13.4. The molecular weight excluding hydrogens is 395 g/mol. The molecule has 8 heteroatoms. The molecule has 1 aliphatic heterocycles. The molecule has 0 saturated carbocycles. The van der Waals surface area contributed by atoms with E-state index in [4.69, 9.17) is 0 Å². The summed E-state index contributed by atoms with van der Waals surface area (Å²) in [6.45, 7) is 2.48. The Balaban J connectivity index is 1.37. The van der Waals surface area contributed by atoms with Gasteiger partial charge in [0.1, 0.15) is 5.82 Å².